The second-order valence-electron chi connectivity index (χ2n) is 5.08. The van der Waals surface area contributed by atoms with Gasteiger partial charge >= 0.3 is 0 Å². The third kappa shape index (κ3) is 6.73. The van der Waals surface area contributed by atoms with Crippen LogP contribution in [0, 0.1) is 0 Å². The van der Waals surface area contributed by atoms with Gasteiger partial charge in [0.15, 0.2) is 0 Å². The maximum absolute atomic E-state index is 5.59. The maximum atomic E-state index is 5.59. The number of nitrogens with zero attached hydrogens (tertiary/aromatic N) is 2. The molecule has 0 aliphatic heterocycles. The normalized spacial score (nSPS) is 11.4. The number of ether oxygens (including phenoxy) is 2. The fraction of sp³-hybridized carbons (Fsp3) is 0.692. The molecular weight excluding hydrogens is 310 g/mol. The molecule has 0 saturated heterocycles. The molecular formula is C13H22BrN3O2. The van der Waals surface area contributed by atoms with Crippen LogP contribution in [-0.4, -0.2) is 35.3 Å². The largest absolute Gasteiger partial charge is 0.474 e. The Kier molecular flexibility index (Phi) is 6.51. The lowest BCUT2D eigenvalue weighted by atomic mass is 10.2. The van der Waals surface area contributed by atoms with Crippen LogP contribution in [0.3, 0.4) is 0 Å². The first-order valence-electron chi connectivity index (χ1n) is 6.45. The van der Waals surface area contributed by atoms with Crippen LogP contribution >= 0.6 is 15.9 Å². The van der Waals surface area contributed by atoms with Crippen molar-refractivity contribution in [2.24, 2.45) is 0 Å². The van der Waals surface area contributed by atoms with Gasteiger partial charge in [-0.05, 0) is 43.1 Å². The highest BCUT2D eigenvalue weighted by Gasteiger charge is 2.10. The van der Waals surface area contributed by atoms with Gasteiger partial charge < -0.3 is 14.8 Å². The predicted octanol–water partition coefficient (Wildman–Crippen LogP) is 3.25. The van der Waals surface area contributed by atoms with Crippen LogP contribution in [0.5, 0.6) is 5.88 Å². The summed E-state index contributed by atoms with van der Waals surface area (Å²) in [6.07, 6.45) is 2.71. The van der Waals surface area contributed by atoms with Crippen LogP contribution in [0.2, 0.25) is 0 Å². The Bertz CT molecular complexity index is 394. The first-order chi connectivity index (χ1) is 8.92. The van der Waals surface area contributed by atoms with Gasteiger partial charge in [-0.15, -0.1) is 0 Å². The Labute approximate surface area is 123 Å². The lowest BCUT2D eigenvalue weighted by Gasteiger charge is -2.19. The van der Waals surface area contributed by atoms with Gasteiger partial charge in [0.25, 0.3) is 0 Å². The van der Waals surface area contributed by atoms with E-state index in [9.17, 15) is 0 Å². The van der Waals surface area contributed by atoms with Gasteiger partial charge in [-0.2, -0.15) is 4.98 Å². The van der Waals surface area contributed by atoms with Crippen molar-refractivity contribution >= 4 is 21.9 Å². The highest BCUT2D eigenvalue weighted by atomic mass is 79.9. The van der Waals surface area contributed by atoms with Crippen LogP contribution in [0.15, 0.2) is 10.7 Å². The summed E-state index contributed by atoms with van der Waals surface area (Å²) in [7, 11) is 0. The minimum absolute atomic E-state index is 0.153. The summed E-state index contributed by atoms with van der Waals surface area (Å²) in [6.45, 7) is 9.96. The first-order valence-corrected chi connectivity index (χ1v) is 7.25. The van der Waals surface area contributed by atoms with E-state index in [1.165, 1.54) is 0 Å². The van der Waals surface area contributed by atoms with Crippen LogP contribution in [0.25, 0.3) is 0 Å². The molecule has 0 aliphatic carbocycles. The molecule has 19 heavy (non-hydrogen) atoms. The molecule has 0 aromatic carbocycles. The fourth-order valence-electron chi connectivity index (χ4n) is 1.26. The highest BCUT2D eigenvalue weighted by molar-refractivity contribution is 9.10. The van der Waals surface area contributed by atoms with Crippen molar-refractivity contribution in [1.29, 1.82) is 0 Å². The molecule has 1 aromatic heterocycles. The maximum Gasteiger partial charge on any atom is 0.232 e. The Balaban J connectivity index is 2.47. The zero-order valence-electron chi connectivity index (χ0n) is 12.0. The molecule has 0 saturated carbocycles. The molecule has 0 unspecified atom stereocenters. The SMILES string of the molecule is CCCNc1ncc(Br)c(OCCOC(C)(C)C)n1. The zero-order chi connectivity index (χ0) is 14.3. The average molecular weight is 332 g/mol. The second-order valence-corrected chi connectivity index (χ2v) is 5.94. The molecule has 0 bridgehead atoms. The topological polar surface area (TPSA) is 56.3 Å². The van der Waals surface area contributed by atoms with Crippen molar-refractivity contribution in [1.82, 2.24) is 9.97 Å². The molecule has 5 nitrogen and oxygen atoms in total. The molecule has 1 heterocycles. The van der Waals surface area contributed by atoms with E-state index >= 15 is 0 Å². The first kappa shape index (κ1) is 16.2. The number of nitrogens with one attached hydrogen (secondary N) is 1. The van der Waals surface area contributed by atoms with Gasteiger partial charge in [-0.1, -0.05) is 6.92 Å². The predicted molar refractivity (Wildman–Crippen MR) is 79.7 cm³/mol. The van der Waals surface area contributed by atoms with Crippen LogP contribution in [0.1, 0.15) is 34.1 Å². The average Bonchev–Trinajstić information content (AvgIpc) is 2.33. The van der Waals surface area contributed by atoms with Crippen molar-refractivity contribution in [3.63, 3.8) is 0 Å². The fourth-order valence-corrected chi connectivity index (χ4v) is 1.57. The molecule has 0 fully saturated rings. The van der Waals surface area contributed by atoms with Crippen LogP contribution in [0.4, 0.5) is 5.95 Å². The molecule has 0 atom stereocenters. The van der Waals surface area contributed by atoms with Gasteiger partial charge in [0.05, 0.1) is 22.9 Å². The molecule has 1 rings (SSSR count). The number of anilines is 1. The van der Waals surface area contributed by atoms with Crippen molar-refractivity contribution in [2.45, 2.75) is 39.7 Å². The van der Waals surface area contributed by atoms with Crippen molar-refractivity contribution in [3.05, 3.63) is 10.7 Å². The highest BCUT2D eigenvalue weighted by Crippen LogP contribution is 2.22. The van der Waals surface area contributed by atoms with E-state index in [4.69, 9.17) is 9.47 Å². The van der Waals surface area contributed by atoms with Crippen molar-refractivity contribution in [2.75, 3.05) is 25.1 Å². The minimum Gasteiger partial charge on any atom is -0.474 e. The third-order valence-electron chi connectivity index (χ3n) is 2.10. The van der Waals surface area contributed by atoms with Gasteiger partial charge in [-0.3, -0.25) is 0 Å². The molecule has 1 aromatic rings. The van der Waals surface area contributed by atoms with Crippen LogP contribution in [-0.2, 0) is 4.74 Å². The van der Waals surface area contributed by atoms with E-state index < -0.39 is 0 Å². The van der Waals surface area contributed by atoms with Gasteiger partial charge in [0.2, 0.25) is 11.8 Å². The van der Waals surface area contributed by atoms with Crippen molar-refractivity contribution in [3.8, 4) is 5.88 Å². The van der Waals surface area contributed by atoms with Crippen LogP contribution < -0.4 is 10.1 Å². The molecule has 108 valence electrons. The van der Waals surface area contributed by atoms with E-state index in [-0.39, 0.29) is 5.60 Å². The molecule has 0 aliphatic rings. The summed E-state index contributed by atoms with van der Waals surface area (Å²) in [4.78, 5) is 8.46. The smallest absolute Gasteiger partial charge is 0.232 e. The summed E-state index contributed by atoms with van der Waals surface area (Å²) >= 11 is 3.37. The summed E-state index contributed by atoms with van der Waals surface area (Å²) in [6, 6.07) is 0. The van der Waals surface area contributed by atoms with Crippen molar-refractivity contribution < 1.29 is 9.47 Å². The summed E-state index contributed by atoms with van der Waals surface area (Å²) < 4.78 is 11.9. The minimum atomic E-state index is -0.153. The lowest BCUT2D eigenvalue weighted by Crippen LogP contribution is -2.22. The number of hydrogen-bond acceptors (Lipinski definition) is 5. The van der Waals surface area contributed by atoms with E-state index in [0.717, 1.165) is 17.4 Å². The molecule has 1 N–H and O–H groups in total. The number of halogens is 1. The zero-order valence-corrected chi connectivity index (χ0v) is 13.6. The Morgan fingerprint density at radius 2 is 2.05 bits per heavy atom. The van der Waals surface area contributed by atoms with Gasteiger partial charge in [0.1, 0.15) is 6.61 Å². The quantitative estimate of drug-likeness (QED) is 0.777. The van der Waals surface area contributed by atoms with E-state index in [1.807, 2.05) is 20.8 Å². The van der Waals surface area contributed by atoms with E-state index in [1.54, 1.807) is 6.20 Å². The van der Waals surface area contributed by atoms with Gasteiger partial charge in [0, 0.05) is 6.54 Å². The summed E-state index contributed by atoms with van der Waals surface area (Å²) in [5.74, 6) is 1.11. The van der Waals surface area contributed by atoms with Gasteiger partial charge in [-0.25, -0.2) is 4.98 Å². The second kappa shape index (κ2) is 7.65. The molecule has 0 amide bonds. The van der Waals surface area contributed by atoms with E-state index in [0.29, 0.717) is 25.0 Å². The Morgan fingerprint density at radius 3 is 2.68 bits per heavy atom. The number of aromatic nitrogens is 2. The number of rotatable bonds is 7. The molecule has 0 radical (unpaired) electrons. The van der Waals surface area contributed by atoms with E-state index in [2.05, 4.69) is 38.1 Å². The third-order valence-corrected chi connectivity index (χ3v) is 2.65. The summed E-state index contributed by atoms with van der Waals surface area (Å²) in [5, 5.41) is 3.12. The standard InChI is InChI=1S/C13H22BrN3O2/c1-5-6-15-12-16-9-10(14)11(17-12)18-7-8-19-13(2,3)4/h9H,5-8H2,1-4H3,(H,15,16,17). The summed E-state index contributed by atoms with van der Waals surface area (Å²) in [5.41, 5.74) is -0.153. The molecule has 0 spiro atoms. The Hall–Kier alpha value is -0.880. The number of hydrogen-bond donors (Lipinski definition) is 1. The lowest BCUT2D eigenvalue weighted by molar-refractivity contribution is -0.0169. The monoisotopic (exact) mass is 331 g/mol. The Morgan fingerprint density at radius 1 is 1.32 bits per heavy atom. The molecule has 6 heteroatoms.